The van der Waals surface area contributed by atoms with Crippen LogP contribution in [0.2, 0.25) is 0 Å². The first-order chi connectivity index (χ1) is 9.34. The van der Waals surface area contributed by atoms with Gasteiger partial charge in [0.2, 0.25) is 0 Å². The normalized spacial score (nSPS) is 11.1. The molecule has 20 heavy (non-hydrogen) atoms. The molecule has 0 aliphatic carbocycles. The standard InChI is InChI=1S/C14H22N2O4/c1-14(2,20-5)8-16-13(17)10-6-9(18-3)7-11(19-4)12(10)15/h6-7H,8,15H2,1-5H3,(H,16,17). The summed E-state index contributed by atoms with van der Waals surface area (Å²) in [5, 5.41) is 2.78. The minimum Gasteiger partial charge on any atom is -0.497 e. The fourth-order valence-corrected chi connectivity index (χ4v) is 1.54. The summed E-state index contributed by atoms with van der Waals surface area (Å²) in [5.41, 5.74) is 6.06. The molecule has 1 amide bonds. The summed E-state index contributed by atoms with van der Waals surface area (Å²) < 4.78 is 15.5. The van der Waals surface area contributed by atoms with Gasteiger partial charge in [-0.25, -0.2) is 0 Å². The van der Waals surface area contributed by atoms with Gasteiger partial charge >= 0.3 is 0 Å². The van der Waals surface area contributed by atoms with E-state index in [0.717, 1.165) is 0 Å². The Morgan fingerprint density at radius 3 is 2.40 bits per heavy atom. The third-order valence-electron chi connectivity index (χ3n) is 3.04. The molecule has 112 valence electrons. The highest BCUT2D eigenvalue weighted by Crippen LogP contribution is 2.31. The summed E-state index contributed by atoms with van der Waals surface area (Å²) in [6, 6.07) is 3.21. The number of nitrogens with two attached hydrogens (primary N) is 1. The van der Waals surface area contributed by atoms with Gasteiger partial charge in [-0.2, -0.15) is 0 Å². The SMILES string of the molecule is COc1cc(OC)c(N)c(C(=O)NCC(C)(C)OC)c1. The zero-order valence-electron chi connectivity index (χ0n) is 12.6. The second-order valence-electron chi connectivity index (χ2n) is 4.94. The lowest BCUT2D eigenvalue weighted by atomic mass is 10.1. The Morgan fingerprint density at radius 1 is 1.25 bits per heavy atom. The number of nitrogens with one attached hydrogen (secondary N) is 1. The van der Waals surface area contributed by atoms with Crippen LogP contribution in [0.15, 0.2) is 12.1 Å². The van der Waals surface area contributed by atoms with Gasteiger partial charge < -0.3 is 25.3 Å². The van der Waals surface area contributed by atoms with E-state index in [0.29, 0.717) is 23.6 Å². The van der Waals surface area contributed by atoms with E-state index in [9.17, 15) is 4.79 Å². The number of ether oxygens (including phenoxy) is 3. The molecule has 6 nitrogen and oxygen atoms in total. The van der Waals surface area contributed by atoms with Crippen LogP contribution in [0.4, 0.5) is 5.69 Å². The molecule has 0 aliphatic heterocycles. The van der Waals surface area contributed by atoms with Gasteiger partial charge in [-0.15, -0.1) is 0 Å². The quantitative estimate of drug-likeness (QED) is 0.771. The molecule has 6 heteroatoms. The van der Waals surface area contributed by atoms with Crippen LogP contribution in [0.1, 0.15) is 24.2 Å². The molecular formula is C14H22N2O4. The van der Waals surface area contributed by atoms with Crippen molar-refractivity contribution in [3.05, 3.63) is 17.7 Å². The van der Waals surface area contributed by atoms with Crippen molar-refractivity contribution in [2.24, 2.45) is 0 Å². The molecule has 0 radical (unpaired) electrons. The monoisotopic (exact) mass is 282 g/mol. The van der Waals surface area contributed by atoms with E-state index < -0.39 is 5.60 Å². The lowest BCUT2D eigenvalue weighted by molar-refractivity contribution is 0.0229. The van der Waals surface area contributed by atoms with Gasteiger partial charge in [-0.05, 0) is 19.9 Å². The number of methoxy groups -OCH3 is 3. The zero-order valence-corrected chi connectivity index (χ0v) is 12.6. The summed E-state index contributed by atoms with van der Waals surface area (Å²) in [6.07, 6.45) is 0. The molecule has 0 saturated carbocycles. The lowest BCUT2D eigenvalue weighted by Crippen LogP contribution is -2.39. The third kappa shape index (κ3) is 3.77. The Kier molecular flexibility index (Phi) is 5.21. The molecule has 1 rings (SSSR count). The number of hydrogen-bond acceptors (Lipinski definition) is 5. The first-order valence-electron chi connectivity index (χ1n) is 6.19. The predicted octanol–water partition coefficient (Wildman–Crippen LogP) is 1.44. The van der Waals surface area contributed by atoms with E-state index in [1.807, 2.05) is 13.8 Å². The first kappa shape index (κ1) is 16.1. The molecule has 1 aromatic carbocycles. The number of carbonyl (C=O) groups excluding carboxylic acids is 1. The number of carbonyl (C=O) groups is 1. The number of hydrogen-bond donors (Lipinski definition) is 2. The molecule has 0 aromatic heterocycles. The summed E-state index contributed by atoms with van der Waals surface area (Å²) >= 11 is 0. The van der Waals surface area contributed by atoms with Crippen LogP contribution in [-0.2, 0) is 4.74 Å². The van der Waals surface area contributed by atoms with Gasteiger partial charge in [0, 0.05) is 19.7 Å². The van der Waals surface area contributed by atoms with Crippen LogP contribution < -0.4 is 20.5 Å². The average Bonchev–Trinajstić information content (AvgIpc) is 2.45. The number of nitrogen functional groups attached to an aromatic ring is 1. The van der Waals surface area contributed by atoms with Gasteiger partial charge in [0.25, 0.3) is 5.91 Å². The molecular weight excluding hydrogens is 260 g/mol. The maximum absolute atomic E-state index is 12.2. The third-order valence-corrected chi connectivity index (χ3v) is 3.04. The highest BCUT2D eigenvalue weighted by molar-refractivity contribution is 6.01. The van der Waals surface area contributed by atoms with Crippen LogP contribution in [-0.4, -0.2) is 39.4 Å². The van der Waals surface area contributed by atoms with E-state index in [-0.39, 0.29) is 11.6 Å². The molecule has 3 N–H and O–H groups in total. The van der Waals surface area contributed by atoms with Gasteiger partial charge in [-0.3, -0.25) is 4.79 Å². The smallest absolute Gasteiger partial charge is 0.253 e. The number of amides is 1. The second kappa shape index (κ2) is 6.47. The number of anilines is 1. The molecule has 0 bridgehead atoms. The molecule has 0 heterocycles. The largest absolute Gasteiger partial charge is 0.497 e. The minimum atomic E-state index is -0.451. The van der Waals surface area contributed by atoms with Crippen LogP contribution in [0.5, 0.6) is 11.5 Å². The average molecular weight is 282 g/mol. The Bertz CT molecular complexity index is 486. The molecule has 0 unspecified atom stereocenters. The summed E-state index contributed by atoms with van der Waals surface area (Å²) in [5.74, 6) is 0.609. The maximum Gasteiger partial charge on any atom is 0.253 e. The molecule has 0 atom stereocenters. The van der Waals surface area contributed by atoms with E-state index in [1.54, 1.807) is 19.2 Å². The van der Waals surface area contributed by atoms with Crippen molar-refractivity contribution in [2.45, 2.75) is 19.4 Å². The fourth-order valence-electron chi connectivity index (χ4n) is 1.54. The van der Waals surface area contributed by atoms with Gasteiger partial charge in [0.05, 0.1) is 31.1 Å². The van der Waals surface area contributed by atoms with E-state index in [1.165, 1.54) is 14.2 Å². The summed E-state index contributed by atoms with van der Waals surface area (Å²) in [6.45, 7) is 4.12. The molecule has 0 aliphatic rings. The Labute approximate surface area is 119 Å². The molecule has 0 spiro atoms. The van der Waals surface area contributed by atoms with Crippen molar-refractivity contribution in [1.29, 1.82) is 0 Å². The van der Waals surface area contributed by atoms with Crippen molar-refractivity contribution < 1.29 is 19.0 Å². The number of benzene rings is 1. The van der Waals surface area contributed by atoms with Gasteiger partial charge in [0.1, 0.15) is 11.5 Å². The van der Waals surface area contributed by atoms with Crippen molar-refractivity contribution in [2.75, 3.05) is 33.6 Å². The molecule has 0 saturated heterocycles. The zero-order chi connectivity index (χ0) is 15.3. The summed E-state index contributed by atoms with van der Waals surface area (Å²) in [7, 11) is 4.59. The van der Waals surface area contributed by atoms with Gasteiger partial charge in [0.15, 0.2) is 0 Å². The Morgan fingerprint density at radius 2 is 1.90 bits per heavy atom. The predicted molar refractivity (Wildman–Crippen MR) is 77.4 cm³/mol. The second-order valence-corrected chi connectivity index (χ2v) is 4.94. The highest BCUT2D eigenvalue weighted by Gasteiger charge is 2.20. The Hall–Kier alpha value is -1.95. The van der Waals surface area contributed by atoms with E-state index >= 15 is 0 Å². The summed E-state index contributed by atoms with van der Waals surface area (Å²) in [4.78, 5) is 12.2. The topological polar surface area (TPSA) is 82.8 Å². The number of rotatable bonds is 6. The van der Waals surface area contributed by atoms with E-state index in [4.69, 9.17) is 19.9 Å². The van der Waals surface area contributed by atoms with Crippen LogP contribution in [0, 0.1) is 0 Å². The maximum atomic E-state index is 12.2. The van der Waals surface area contributed by atoms with Crippen LogP contribution in [0.3, 0.4) is 0 Å². The van der Waals surface area contributed by atoms with Crippen LogP contribution >= 0.6 is 0 Å². The van der Waals surface area contributed by atoms with Crippen molar-refractivity contribution >= 4 is 11.6 Å². The highest BCUT2D eigenvalue weighted by atomic mass is 16.5. The Balaban J connectivity index is 2.97. The minimum absolute atomic E-state index is 0.279. The fraction of sp³-hybridized carbons (Fsp3) is 0.500. The van der Waals surface area contributed by atoms with Crippen LogP contribution in [0.25, 0.3) is 0 Å². The molecule has 1 aromatic rings. The van der Waals surface area contributed by atoms with Crippen molar-refractivity contribution in [3.63, 3.8) is 0 Å². The molecule has 0 fully saturated rings. The van der Waals surface area contributed by atoms with Crippen molar-refractivity contribution in [3.8, 4) is 11.5 Å². The van der Waals surface area contributed by atoms with Crippen molar-refractivity contribution in [1.82, 2.24) is 5.32 Å². The lowest BCUT2D eigenvalue weighted by Gasteiger charge is -2.23. The van der Waals surface area contributed by atoms with E-state index in [2.05, 4.69) is 5.32 Å². The first-order valence-corrected chi connectivity index (χ1v) is 6.19. The van der Waals surface area contributed by atoms with Gasteiger partial charge in [-0.1, -0.05) is 0 Å².